The molecule has 4 heteroatoms. The van der Waals surface area contributed by atoms with Gasteiger partial charge >= 0.3 is 0 Å². The van der Waals surface area contributed by atoms with Gasteiger partial charge in [0.25, 0.3) is 0 Å². The summed E-state index contributed by atoms with van der Waals surface area (Å²) < 4.78 is 1.99. The number of benzene rings is 1. The Morgan fingerprint density at radius 1 is 1.19 bits per heavy atom. The third-order valence-electron chi connectivity index (χ3n) is 6.58. The van der Waals surface area contributed by atoms with Gasteiger partial charge in [-0.15, -0.1) is 0 Å². The molecule has 0 N–H and O–H groups in total. The fraction of sp³-hybridized carbons (Fsp3) is 0.545. The maximum Gasteiger partial charge on any atom is 0.222 e. The van der Waals surface area contributed by atoms with E-state index < -0.39 is 0 Å². The Labute approximate surface area is 156 Å². The molecule has 0 saturated heterocycles. The van der Waals surface area contributed by atoms with E-state index in [0.717, 1.165) is 40.9 Å². The monoisotopic (exact) mass is 351 g/mol. The molecule has 0 unspecified atom stereocenters. The van der Waals surface area contributed by atoms with Crippen LogP contribution in [0, 0.1) is 31.6 Å². The maximum atomic E-state index is 12.8. The zero-order valence-electron chi connectivity index (χ0n) is 16.1. The van der Waals surface area contributed by atoms with E-state index in [1.54, 1.807) is 0 Å². The molecule has 1 heterocycles. The van der Waals surface area contributed by atoms with E-state index in [4.69, 9.17) is 5.10 Å². The summed E-state index contributed by atoms with van der Waals surface area (Å²) in [7, 11) is 1.94. The number of hydrogen-bond donors (Lipinski definition) is 0. The lowest BCUT2D eigenvalue weighted by atomic mass is 9.86. The predicted molar refractivity (Wildman–Crippen MR) is 103 cm³/mol. The number of carbonyl (C=O) groups is 1. The highest BCUT2D eigenvalue weighted by Gasteiger charge is 2.40. The molecule has 0 aliphatic heterocycles. The first-order valence-electron chi connectivity index (χ1n) is 9.87. The molecule has 2 aliphatic rings. The van der Waals surface area contributed by atoms with Gasteiger partial charge in [-0.2, -0.15) is 5.10 Å². The SMILES string of the molecule is Cc1nn(-c2ccccc2)c(C)c1CN(C)C(=O)C[C@@H]1C[C@H]2CC[C@@H]1C2. The van der Waals surface area contributed by atoms with Gasteiger partial charge in [0.1, 0.15) is 0 Å². The summed E-state index contributed by atoms with van der Waals surface area (Å²) in [5.41, 5.74) is 4.35. The number of para-hydroxylation sites is 1. The summed E-state index contributed by atoms with van der Waals surface area (Å²) >= 11 is 0. The van der Waals surface area contributed by atoms with Gasteiger partial charge < -0.3 is 4.90 Å². The quantitative estimate of drug-likeness (QED) is 0.807. The van der Waals surface area contributed by atoms with Crippen LogP contribution in [0.25, 0.3) is 5.69 Å². The van der Waals surface area contributed by atoms with Crippen LogP contribution in [-0.2, 0) is 11.3 Å². The number of rotatable bonds is 5. The highest BCUT2D eigenvalue weighted by atomic mass is 16.2. The van der Waals surface area contributed by atoms with Crippen LogP contribution in [0.3, 0.4) is 0 Å². The lowest BCUT2D eigenvalue weighted by Crippen LogP contribution is -2.29. The Morgan fingerprint density at radius 2 is 1.96 bits per heavy atom. The molecule has 0 radical (unpaired) electrons. The van der Waals surface area contributed by atoms with Crippen LogP contribution in [0.1, 0.15) is 49.1 Å². The van der Waals surface area contributed by atoms with E-state index in [1.165, 1.54) is 25.7 Å². The van der Waals surface area contributed by atoms with E-state index in [-0.39, 0.29) is 5.91 Å². The summed E-state index contributed by atoms with van der Waals surface area (Å²) in [6.07, 6.45) is 6.09. The Hall–Kier alpha value is -2.10. The van der Waals surface area contributed by atoms with Crippen molar-refractivity contribution in [3.05, 3.63) is 47.3 Å². The van der Waals surface area contributed by atoms with Crippen molar-refractivity contribution in [1.82, 2.24) is 14.7 Å². The minimum atomic E-state index is 0.286. The van der Waals surface area contributed by atoms with Gasteiger partial charge in [0, 0.05) is 31.3 Å². The number of fused-ring (bicyclic) bond motifs is 2. The molecule has 1 aromatic carbocycles. The second kappa shape index (κ2) is 6.90. The summed E-state index contributed by atoms with van der Waals surface area (Å²) in [6, 6.07) is 10.2. The summed E-state index contributed by atoms with van der Waals surface area (Å²) in [4.78, 5) is 14.7. The van der Waals surface area contributed by atoms with Gasteiger partial charge in [-0.25, -0.2) is 4.68 Å². The molecule has 138 valence electrons. The number of carbonyl (C=O) groups excluding carboxylic acids is 1. The number of aromatic nitrogens is 2. The van der Waals surface area contributed by atoms with Crippen molar-refractivity contribution < 1.29 is 4.79 Å². The molecular formula is C22H29N3O. The number of hydrogen-bond acceptors (Lipinski definition) is 2. The highest BCUT2D eigenvalue weighted by molar-refractivity contribution is 5.76. The zero-order chi connectivity index (χ0) is 18.3. The molecule has 0 spiro atoms. The molecule has 2 aliphatic carbocycles. The molecular weight excluding hydrogens is 322 g/mol. The predicted octanol–water partition coefficient (Wildman–Crippen LogP) is 4.27. The van der Waals surface area contributed by atoms with Gasteiger partial charge in [-0.1, -0.05) is 24.6 Å². The largest absolute Gasteiger partial charge is 0.341 e. The Balaban J connectivity index is 1.45. The highest BCUT2D eigenvalue weighted by Crippen LogP contribution is 2.49. The molecule has 2 fully saturated rings. The van der Waals surface area contributed by atoms with E-state index in [9.17, 15) is 4.79 Å². The minimum absolute atomic E-state index is 0.286. The van der Waals surface area contributed by atoms with Crippen LogP contribution in [0.5, 0.6) is 0 Å². The molecule has 3 atom stereocenters. The van der Waals surface area contributed by atoms with Gasteiger partial charge in [-0.05, 0) is 63.0 Å². The second-order valence-electron chi connectivity index (χ2n) is 8.29. The first-order valence-corrected chi connectivity index (χ1v) is 9.87. The minimum Gasteiger partial charge on any atom is -0.341 e. The van der Waals surface area contributed by atoms with E-state index >= 15 is 0 Å². The van der Waals surface area contributed by atoms with Crippen molar-refractivity contribution in [2.24, 2.45) is 17.8 Å². The maximum absolute atomic E-state index is 12.8. The number of aryl methyl sites for hydroxylation is 1. The standard InChI is InChI=1S/C22H29N3O/c1-15-21(16(2)25(23-15)20-7-5-4-6-8-20)14-24(3)22(26)13-19-12-17-9-10-18(19)11-17/h4-8,17-19H,9-14H2,1-3H3/t17-,18+,19-/m0/s1. The van der Waals surface area contributed by atoms with Gasteiger partial charge in [-0.3, -0.25) is 4.79 Å². The van der Waals surface area contributed by atoms with Crippen molar-refractivity contribution in [1.29, 1.82) is 0 Å². The van der Waals surface area contributed by atoms with Crippen LogP contribution < -0.4 is 0 Å². The van der Waals surface area contributed by atoms with Crippen LogP contribution >= 0.6 is 0 Å². The van der Waals surface area contributed by atoms with E-state index in [2.05, 4.69) is 19.1 Å². The third-order valence-corrected chi connectivity index (χ3v) is 6.58. The first-order chi connectivity index (χ1) is 12.5. The van der Waals surface area contributed by atoms with Crippen molar-refractivity contribution >= 4 is 5.91 Å². The van der Waals surface area contributed by atoms with Crippen molar-refractivity contribution in [2.45, 2.75) is 52.5 Å². The molecule has 1 aromatic heterocycles. The zero-order valence-corrected chi connectivity index (χ0v) is 16.1. The van der Waals surface area contributed by atoms with Crippen LogP contribution in [-0.4, -0.2) is 27.6 Å². The second-order valence-corrected chi connectivity index (χ2v) is 8.29. The van der Waals surface area contributed by atoms with E-state index in [0.29, 0.717) is 12.5 Å². The summed E-state index contributed by atoms with van der Waals surface area (Å²) in [6.45, 7) is 4.77. The lowest BCUT2D eigenvalue weighted by Gasteiger charge is -2.24. The van der Waals surface area contributed by atoms with Gasteiger partial charge in [0.05, 0.1) is 11.4 Å². The molecule has 4 nitrogen and oxygen atoms in total. The Kier molecular flexibility index (Phi) is 4.60. The molecule has 2 saturated carbocycles. The normalized spacial score (nSPS) is 24.2. The molecule has 2 aromatic rings. The van der Waals surface area contributed by atoms with Crippen LogP contribution in [0.4, 0.5) is 0 Å². The number of amides is 1. The topological polar surface area (TPSA) is 38.1 Å². The van der Waals surface area contributed by atoms with Crippen molar-refractivity contribution in [2.75, 3.05) is 7.05 Å². The first kappa shape index (κ1) is 17.3. The average Bonchev–Trinajstić information content (AvgIpc) is 3.33. The molecule has 26 heavy (non-hydrogen) atoms. The van der Waals surface area contributed by atoms with Crippen molar-refractivity contribution in [3.63, 3.8) is 0 Å². The average molecular weight is 351 g/mol. The lowest BCUT2D eigenvalue weighted by molar-refractivity contribution is -0.131. The Morgan fingerprint density at radius 3 is 2.62 bits per heavy atom. The smallest absolute Gasteiger partial charge is 0.222 e. The van der Waals surface area contributed by atoms with Crippen LogP contribution in [0.15, 0.2) is 30.3 Å². The molecule has 2 bridgehead atoms. The molecule has 1 amide bonds. The summed E-state index contributed by atoms with van der Waals surface area (Å²) in [5.74, 6) is 2.62. The number of nitrogens with zero attached hydrogens (tertiary/aromatic N) is 3. The molecule has 4 rings (SSSR count). The van der Waals surface area contributed by atoms with E-state index in [1.807, 2.05) is 41.8 Å². The third kappa shape index (κ3) is 3.17. The fourth-order valence-electron chi connectivity index (χ4n) is 5.06. The fourth-order valence-corrected chi connectivity index (χ4v) is 5.06. The van der Waals surface area contributed by atoms with Crippen molar-refractivity contribution in [3.8, 4) is 5.69 Å². The van der Waals surface area contributed by atoms with Gasteiger partial charge in [0.15, 0.2) is 0 Å². The van der Waals surface area contributed by atoms with Crippen LogP contribution in [0.2, 0.25) is 0 Å². The van der Waals surface area contributed by atoms with Gasteiger partial charge in [0.2, 0.25) is 5.91 Å². The summed E-state index contributed by atoms with van der Waals surface area (Å²) in [5, 5.41) is 4.71. The Bertz CT molecular complexity index is 795.